The molecule has 0 radical (unpaired) electrons. The second-order valence-corrected chi connectivity index (χ2v) is 7.17. The van der Waals surface area contributed by atoms with Gasteiger partial charge in [-0.25, -0.2) is 0 Å². The zero-order valence-electron chi connectivity index (χ0n) is 15.1. The van der Waals surface area contributed by atoms with Gasteiger partial charge in [-0.1, -0.05) is 42.5 Å². The van der Waals surface area contributed by atoms with Crippen LogP contribution in [0.1, 0.15) is 15.9 Å². The fraction of sp³-hybridized carbons (Fsp3) is 0.200. The first-order valence-corrected chi connectivity index (χ1v) is 9.74. The molecule has 4 rings (SSSR count). The monoisotopic (exact) mass is 393 g/mol. The molecule has 1 aromatic heterocycles. The molecule has 28 heavy (non-hydrogen) atoms. The summed E-state index contributed by atoms with van der Waals surface area (Å²) in [5.74, 6) is 0.470. The highest BCUT2D eigenvalue weighted by Gasteiger charge is 2.22. The zero-order valence-corrected chi connectivity index (χ0v) is 15.9. The minimum absolute atomic E-state index is 0.114. The molecule has 2 aromatic carbocycles. The number of nitrogens with zero attached hydrogens (tertiary/aromatic N) is 3. The maximum atomic E-state index is 12.5. The molecule has 2 heterocycles. The van der Waals surface area contributed by atoms with Crippen molar-refractivity contribution in [2.45, 2.75) is 6.54 Å². The van der Waals surface area contributed by atoms with E-state index < -0.39 is 0 Å². The van der Waals surface area contributed by atoms with E-state index in [4.69, 9.17) is 0 Å². The molecule has 1 saturated heterocycles. The molecule has 0 unspecified atom stereocenters. The van der Waals surface area contributed by atoms with Gasteiger partial charge >= 0.3 is 0 Å². The average Bonchev–Trinajstić information content (AvgIpc) is 3.22. The van der Waals surface area contributed by atoms with Crippen molar-refractivity contribution in [2.24, 2.45) is 0 Å². The number of hydrogen-bond acceptors (Lipinski definition) is 6. The van der Waals surface area contributed by atoms with Crippen molar-refractivity contribution in [1.29, 1.82) is 0 Å². The van der Waals surface area contributed by atoms with Gasteiger partial charge in [0.2, 0.25) is 11.0 Å². The van der Waals surface area contributed by atoms with Crippen molar-refractivity contribution in [1.82, 2.24) is 19.6 Å². The number of rotatable bonds is 5. The van der Waals surface area contributed by atoms with Gasteiger partial charge in [0.25, 0.3) is 5.91 Å². The van der Waals surface area contributed by atoms with Gasteiger partial charge in [-0.05, 0) is 17.7 Å². The van der Waals surface area contributed by atoms with Gasteiger partial charge in [-0.15, -0.1) is 0 Å². The molecular weight excluding hydrogens is 374 g/mol. The second-order valence-electron chi connectivity index (χ2n) is 6.42. The van der Waals surface area contributed by atoms with Gasteiger partial charge in [0, 0.05) is 42.3 Å². The number of aromatic nitrogens is 2. The molecule has 1 fully saturated rings. The predicted molar refractivity (Wildman–Crippen MR) is 108 cm³/mol. The Kier molecular flexibility index (Phi) is 5.29. The summed E-state index contributed by atoms with van der Waals surface area (Å²) in [4.78, 5) is 30.0. The summed E-state index contributed by atoms with van der Waals surface area (Å²) in [6, 6.07) is 17.2. The molecule has 1 aliphatic heterocycles. The van der Waals surface area contributed by atoms with Crippen molar-refractivity contribution >= 4 is 28.5 Å². The Balaban J connectivity index is 1.35. The third-order valence-corrected chi connectivity index (χ3v) is 5.10. The maximum absolute atomic E-state index is 12.5. The van der Waals surface area contributed by atoms with Gasteiger partial charge in [0.15, 0.2) is 5.82 Å². The van der Waals surface area contributed by atoms with Crippen LogP contribution in [0.4, 0.5) is 5.13 Å². The quantitative estimate of drug-likeness (QED) is 0.695. The second kappa shape index (κ2) is 8.18. The van der Waals surface area contributed by atoms with Gasteiger partial charge in [-0.3, -0.25) is 9.59 Å². The summed E-state index contributed by atoms with van der Waals surface area (Å²) in [7, 11) is 0. The Labute approximate surface area is 166 Å². The van der Waals surface area contributed by atoms with E-state index in [9.17, 15) is 9.59 Å². The van der Waals surface area contributed by atoms with Crippen LogP contribution in [0.2, 0.25) is 0 Å². The molecule has 8 heteroatoms. The standard InChI is InChI=1S/C20H19N5O2S/c26-17-13-25(11-10-21-17)19(27)16-8-6-14(7-9-16)12-22-20-23-18(24-28-20)15-4-2-1-3-5-15/h1-9H,10-13H2,(H,21,26)(H,22,23,24). The van der Waals surface area contributed by atoms with E-state index in [-0.39, 0.29) is 18.4 Å². The van der Waals surface area contributed by atoms with Gasteiger partial charge in [0.1, 0.15) is 0 Å². The summed E-state index contributed by atoms with van der Waals surface area (Å²) in [6.07, 6.45) is 0. The summed E-state index contributed by atoms with van der Waals surface area (Å²) in [5, 5.41) is 6.73. The van der Waals surface area contributed by atoms with Crippen LogP contribution < -0.4 is 10.6 Å². The average molecular weight is 393 g/mol. The highest BCUT2D eigenvalue weighted by molar-refractivity contribution is 7.09. The number of nitrogens with one attached hydrogen (secondary N) is 2. The van der Waals surface area contributed by atoms with Crippen LogP contribution in [-0.4, -0.2) is 45.7 Å². The van der Waals surface area contributed by atoms with Crippen molar-refractivity contribution in [3.8, 4) is 11.4 Å². The number of anilines is 1. The van der Waals surface area contributed by atoms with E-state index in [1.165, 1.54) is 11.5 Å². The molecule has 2 N–H and O–H groups in total. The van der Waals surface area contributed by atoms with Gasteiger partial charge in [-0.2, -0.15) is 9.36 Å². The summed E-state index contributed by atoms with van der Waals surface area (Å²) >= 11 is 1.32. The number of benzene rings is 2. The van der Waals surface area contributed by atoms with E-state index in [0.29, 0.717) is 31.0 Å². The first-order valence-electron chi connectivity index (χ1n) is 8.97. The lowest BCUT2D eigenvalue weighted by molar-refractivity contribution is -0.123. The molecule has 2 amide bonds. The number of piperazine rings is 1. The summed E-state index contributed by atoms with van der Waals surface area (Å²) in [6.45, 7) is 1.74. The molecule has 1 aliphatic rings. The molecule has 0 aliphatic carbocycles. The predicted octanol–water partition coefficient (Wildman–Crippen LogP) is 2.39. The summed E-state index contributed by atoms with van der Waals surface area (Å²) < 4.78 is 4.38. The molecule has 0 spiro atoms. The first kappa shape index (κ1) is 18.1. The normalized spacial score (nSPS) is 13.9. The maximum Gasteiger partial charge on any atom is 0.254 e. The number of hydrogen-bond donors (Lipinski definition) is 2. The van der Waals surface area contributed by atoms with E-state index in [2.05, 4.69) is 20.0 Å². The highest BCUT2D eigenvalue weighted by atomic mass is 32.1. The lowest BCUT2D eigenvalue weighted by Crippen LogP contribution is -2.49. The molecule has 0 bridgehead atoms. The first-order chi connectivity index (χ1) is 13.7. The molecule has 142 valence electrons. The van der Waals surface area contributed by atoms with Crippen molar-refractivity contribution in [2.75, 3.05) is 25.0 Å². The zero-order chi connectivity index (χ0) is 19.3. The largest absolute Gasteiger partial charge is 0.356 e. The van der Waals surface area contributed by atoms with Crippen LogP contribution >= 0.6 is 11.5 Å². The lowest BCUT2D eigenvalue weighted by Gasteiger charge is -2.26. The Hall–Kier alpha value is -3.26. The van der Waals surface area contributed by atoms with E-state index in [0.717, 1.165) is 16.3 Å². The molecule has 7 nitrogen and oxygen atoms in total. The number of carbonyl (C=O) groups is 2. The van der Waals surface area contributed by atoms with E-state index in [1.54, 1.807) is 17.0 Å². The lowest BCUT2D eigenvalue weighted by atomic mass is 10.1. The Morgan fingerprint density at radius 3 is 2.68 bits per heavy atom. The smallest absolute Gasteiger partial charge is 0.254 e. The van der Waals surface area contributed by atoms with Crippen LogP contribution in [0.5, 0.6) is 0 Å². The topological polar surface area (TPSA) is 87.2 Å². The van der Waals surface area contributed by atoms with Crippen molar-refractivity contribution in [3.05, 3.63) is 65.7 Å². The molecule has 0 atom stereocenters. The Morgan fingerprint density at radius 2 is 1.93 bits per heavy atom. The Morgan fingerprint density at radius 1 is 1.14 bits per heavy atom. The third kappa shape index (κ3) is 4.17. The van der Waals surface area contributed by atoms with Crippen molar-refractivity contribution in [3.63, 3.8) is 0 Å². The van der Waals surface area contributed by atoms with Crippen molar-refractivity contribution < 1.29 is 9.59 Å². The van der Waals surface area contributed by atoms with Crippen LogP contribution in [-0.2, 0) is 11.3 Å². The number of carbonyl (C=O) groups excluding carboxylic acids is 2. The highest BCUT2D eigenvalue weighted by Crippen LogP contribution is 2.21. The Bertz CT molecular complexity index is 972. The van der Waals surface area contributed by atoms with Gasteiger partial charge < -0.3 is 15.5 Å². The fourth-order valence-electron chi connectivity index (χ4n) is 2.94. The van der Waals surface area contributed by atoms with Crippen LogP contribution in [0, 0.1) is 0 Å². The molecule has 0 saturated carbocycles. The van der Waals surface area contributed by atoms with Gasteiger partial charge in [0.05, 0.1) is 6.54 Å². The third-order valence-electron chi connectivity index (χ3n) is 4.43. The minimum atomic E-state index is -0.119. The van der Waals surface area contributed by atoms with E-state index >= 15 is 0 Å². The SMILES string of the molecule is O=C1CN(C(=O)c2ccc(CNc3nc(-c4ccccc4)ns3)cc2)CCN1. The molecule has 3 aromatic rings. The van der Waals surface area contributed by atoms with Crippen LogP contribution in [0.3, 0.4) is 0 Å². The fourth-order valence-corrected chi connectivity index (χ4v) is 3.52. The number of amides is 2. The molecular formula is C20H19N5O2S. The van der Waals surface area contributed by atoms with E-state index in [1.807, 2.05) is 42.5 Å². The van der Waals surface area contributed by atoms with Crippen LogP contribution in [0.15, 0.2) is 54.6 Å². The minimum Gasteiger partial charge on any atom is -0.356 e. The van der Waals surface area contributed by atoms with Crippen LogP contribution in [0.25, 0.3) is 11.4 Å². The summed E-state index contributed by atoms with van der Waals surface area (Å²) in [5.41, 5.74) is 2.60.